The van der Waals surface area contributed by atoms with Crippen molar-refractivity contribution in [3.63, 3.8) is 0 Å². The fourth-order valence-electron chi connectivity index (χ4n) is 6.52. The van der Waals surface area contributed by atoms with Gasteiger partial charge in [0.2, 0.25) is 0 Å². The number of nitrogens with zero attached hydrogens (tertiary/aromatic N) is 2. The van der Waals surface area contributed by atoms with Crippen molar-refractivity contribution < 1.29 is 19.0 Å². The minimum Gasteiger partial charge on any atom is -0.458 e. The average molecular weight is 473 g/mol. The summed E-state index contributed by atoms with van der Waals surface area (Å²) >= 11 is 0. The SMILES string of the molecule is CC(=O)O[C@@H]1C[C@@]2(O)[C@H](C)CC[C@@H](C(C)CN3CCN(Cc4ccc(F)cc4)CC3)[C@H]2C=C1C. The molecule has 1 aliphatic heterocycles. The zero-order chi connectivity index (χ0) is 24.5. The van der Waals surface area contributed by atoms with Crippen LogP contribution < -0.4 is 0 Å². The Hall–Kier alpha value is -1.76. The molecule has 4 rings (SSSR count). The Kier molecular flexibility index (Phi) is 7.80. The second kappa shape index (κ2) is 10.5. The summed E-state index contributed by atoms with van der Waals surface area (Å²) in [6.07, 6.45) is 4.54. The minimum absolute atomic E-state index is 0.109. The molecule has 5 nitrogen and oxygen atoms in total. The summed E-state index contributed by atoms with van der Waals surface area (Å²) in [6, 6.07) is 6.83. The number of fused-ring (bicyclic) bond motifs is 1. The summed E-state index contributed by atoms with van der Waals surface area (Å²) in [5.74, 6) is 0.730. The fourth-order valence-corrected chi connectivity index (χ4v) is 6.52. The first-order chi connectivity index (χ1) is 16.2. The fraction of sp³-hybridized carbons (Fsp3) is 0.679. The van der Waals surface area contributed by atoms with Gasteiger partial charge in [-0.2, -0.15) is 0 Å². The number of carbonyl (C=O) groups excluding carboxylic acids is 1. The molecule has 0 radical (unpaired) electrons. The van der Waals surface area contributed by atoms with E-state index >= 15 is 0 Å². The Morgan fingerprint density at radius 1 is 1.18 bits per heavy atom. The van der Waals surface area contributed by atoms with Crippen molar-refractivity contribution in [3.05, 3.63) is 47.3 Å². The molecule has 0 aromatic heterocycles. The quantitative estimate of drug-likeness (QED) is 0.495. The molecule has 6 atom stereocenters. The number of carbonyl (C=O) groups is 1. The van der Waals surface area contributed by atoms with E-state index in [-0.39, 0.29) is 29.7 Å². The number of piperazine rings is 1. The lowest BCUT2D eigenvalue weighted by Gasteiger charge is -2.53. The smallest absolute Gasteiger partial charge is 0.303 e. The predicted octanol–water partition coefficient (Wildman–Crippen LogP) is 4.25. The van der Waals surface area contributed by atoms with Crippen molar-refractivity contribution in [2.24, 2.45) is 23.7 Å². The van der Waals surface area contributed by atoms with Crippen LogP contribution in [0.4, 0.5) is 4.39 Å². The highest BCUT2D eigenvalue weighted by atomic mass is 19.1. The molecule has 2 aliphatic carbocycles. The average Bonchev–Trinajstić information content (AvgIpc) is 2.78. The van der Waals surface area contributed by atoms with Crippen LogP contribution in [0, 0.1) is 29.5 Å². The van der Waals surface area contributed by atoms with Gasteiger partial charge >= 0.3 is 5.97 Å². The van der Waals surface area contributed by atoms with Crippen molar-refractivity contribution in [2.45, 2.75) is 65.2 Å². The van der Waals surface area contributed by atoms with Crippen LogP contribution in [-0.2, 0) is 16.1 Å². The molecule has 0 bridgehead atoms. The van der Waals surface area contributed by atoms with Gasteiger partial charge in [0.15, 0.2) is 0 Å². The molecule has 1 saturated carbocycles. The van der Waals surface area contributed by atoms with Crippen LogP contribution >= 0.6 is 0 Å². The lowest BCUT2D eigenvalue weighted by Crippen LogP contribution is -2.56. The van der Waals surface area contributed by atoms with Crippen LogP contribution in [-0.4, -0.2) is 65.3 Å². The standard InChI is InChI=1S/C28H41FN2O3/c1-19-15-26-25(10-5-21(3)28(26,33)16-27(19)34-22(4)32)20(2)17-30-11-13-31(14-12-30)18-23-6-8-24(29)9-7-23/h6-9,15,20-21,25-27,33H,5,10-14,16-18H2,1-4H3/t20?,21-,25+,26-,27-,28-/m1/s1. The van der Waals surface area contributed by atoms with E-state index in [9.17, 15) is 14.3 Å². The number of ether oxygens (including phenoxy) is 1. The maximum absolute atomic E-state index is 13.2. The highest BCUT2D eigenvalue weighted by Crippen LogP contribution is 2.51. The molecule has 188 valence electrons. The normalized spacial score (nSPS) is 33.6. The molecule has 3 aliphatic rings. The Labute approximate surface area is 204 Å². The van der Waals surface area contributed by atoms with Gasteiger partial charge in [0.1, 0.15) is 11.9 Å². The van der Waals surface area contributed by atoms with Gasteiger partial charge in [-0.3, -0.25) is 9.69 Å². The highest BCUT2D eigenvalue weighted by molar-refractivity contribution is 5.66. The number of benzene rings is 1. The lowest BCUT2D eigenvalue weighted by atomic mass is 9.57. The van der Waals surface area contributed by atoms with Gasteiger partial charge in [-0.05, 0) is 60.8 Å². The van der Waals surface area contributed by atoms with Crippen LogP contribution in [0.2, 0.25) is 0 Å². The van der Waals surface area contributed by atoms with E-state index in [1.807, 2.05) is 19.1 Å². The zero-order valence-electron chi connectivity index (χ0n) is 21.2. The second-order valence-electron chi connectivity index (χ2n) is 11.1. The van der Waals surface area contributed by atoms with Crippen LogP contribution in [0.15, 0.2) is 35.9 Å². The molecule has 0 amide bonds. The molecule has 1 aromatic carbocycles. The Balaban J connectivity index is 1.35. The molecule has 1 aromatic rings. The Bertz CT molecular complexity index is 880. The number of esters is 1. The highest BCUT2D eigenvalue weighted by Gasteiger charge is 2.52. The first-order valence-corrected chi connectivity index (χ1v) is 12.9. The van der Waals surface area contributed by atoms with E-state index in [2.05, 4.69) is 29.7 Å². The molecule has 2 fully saturated rings. The number of halogens is 1. The van der Waals surface area contributed by atoms with Gasteiger partial charge in [0.05, 0.1) is 5.60 Å². The van der Waals surface area contributed by atoms with Crippen molar-refractivity contribution in [3.8, 4) is 0 Å². The van der Waals surface area contributed by atoms with Crippen LogP contribution in [0.5, 0.6) is 0 Å². The lowest BCUT2D eigenvalue weighted by molar-refractivity contribution is -0.159. The third-order valence-corrected chi connectivity index (χ3v) is 8.66. The van der Waals surface area contributed by atoms with Crippen molar-refractivity contribution in [2.75, 3.05) is 32.7 Å². The van der Waals surface area contributed by atoms with Gasteiger partial charge < -0.3 is 14.7 Å². The molecular weight excluding hydrogens is 431 g/mol. The number of aliphatic hydroxyl groups is 1. The van der Waals surface area contributed by atoms with E-state index in [0.717, 1.165) is 63.2 Å². The number of rotatable bonds is 6. The third kappa shape index (κ3) is 5.55. The molecular formula is C28H41FN2O3. The van der Waals surface area contributed by atoms with Crippen LogP contribution in [0.1, 0.15) is 52.5 Å². The topological polar surface area (TPSA) is 53.0 Å². The summed E-state index contributed by atoms with van der Waals surface area (Å²) < 4.78 is 18.7. The van der Waals surface area contributed by atoms with Crippen LogP contribution in [0.25, 0.3) is 0 Å². The first kappa shape index (κ1) is 25.3. The maximum atomic E-state index is 13.2. The molecule has 1 unspecified atom stereocenters. The molecule has 1 saturated heterocycles. The van der Waals surface area contributed by atoms with E-state index in [1.54, 1.807) is 0 Å². The van der Waals surface area contributed by atoms with Crippen molar-refractivity contribution in [1.29, 1.82) is 0 Å². The predicted molar refractivity (Wildman–Crippen MR) is 132 cm³/mol. The van der Waals surface area contributed by atoms with E-state index in [1.165, 1.54) is 19.1 Å². The molecule has 34 heavy (non-hydrogen) atoms. The minimum atomic E-state index is -0.815. The van der Waals surface area contributed by atoms with Crippen LogP contribution in [0.3, 0.4) is 0 Å². The molecule has 1 heterocycles. The van der Waals surface area contributed by atoms with Gasteiger partial charge in [-0.25, -0.2) is 4.39 Å². The summed E-state index contributed by atoms with van der Waals surface area (Å²) in [6.45, 7) is 14.0. The van der Waals surface area contributed by atoms with E-state index < -0.39 is 5.60 Å². The van der Waals surface area contributed by atoms with Gasteiger partial charge in [0, 0.05) is 58.5 Å². The summed E-state index contributed by atoms with van der Waals surface area (Å²) in [5, 5.41) is 11.8. The zero-order valence-corrected chi connectivity index (χ0v) is 21.2. The van der Waals surface area contributed by atoms with Gasteiger partial charge in [-0.15, -0.1) is 0 Å². The Morgan fingerprint density at radius 2 is 1.82 bits per heavy atom. The van der Waals surface area contributed by atoms with Gasteiger partial charge in [-0.1, -0.05) is 32.1 Å². The largest absolute Gasteiger partial charge is 0.458 e. The van der Waals surface area contributed by atoms with E-state index in [0.29, 0.717) is 18.3 Å². The number of hydrogen-bond donors (Lipinski definition) is 1. The summed E-state index contributed by atoms with van der Waals surface area (Å²) in [5.41, 5.74) is 1.42. The molecule has 6 heteroatoms. The van der Waals surface area contributed by atoms with Crippen molar-refractivity contribution >= 4 is 5.97 Å². The summed E-state index contributed by atoms with van der Waals surface area (Å²) in [7, 11) is 0. The van der Waals surface area contributed by atoms with E-state index in [4.69, 9.17) is 4.74 Å². The maximum Gasteiger partial charge on any atom is 0.303 e. The summed E-state index contributed by atoms with van der Waals surface area (Å²) in [4.78, 5) is 16.6. The van der Waals surface area contributed by atoms with Gasteiger partial charge in [0.25, 0.3) is 0 Å². The van der Waals surface area contributed by atoms with Crippen molar-refractivity contribution in [1.82, 2.24) is 9.80 Å². The Morgan fingerprint density at radius 3 is 2.47 bits per heavy atom. The molecule has 1 N–H and O–H groups in total. The number of hydrogen-bond acceptors (Lipinski definition) is 5. The third-order valence-electron chi connectivity index (χ3n) is 8.66. The first-order valence-electron chi connectivity index (χ1n) is 12.9. The molecule has 0 spiro atoms. The monoisotopic (exact) mass is 472 g/mol. The second-order valence-corrected chi connectivity index (χ2v) is 11.1.